The Morgan fingerprint density at radius 3 is 2.43 bits per heavy atom. The van der Waals surface area contributed by atoms with E-state index in [-0.39, 0.29) is 5.69 Å². The maximum absolute atomic E-state index is 13.5. The molecule has 0 atom stereocenters. The van der Waals surface area contributed by atoms with Crippen molar-refractivity contribution in [3.8, 4) is 5.75 Å². The van der Waals surface area contributed by atoms with Crippen LogP contribution in [-0.2, 0) is 10.0 Å². The van der Waals surface area contributed by atoms with Crippen molar-refractivity contribution in [3.63, 3.8) is 0 Å². The van der Waals surface area contributed by atoms with Crippen LogP contribution in [0, 0.1) is 17.5 Å². The van der Waals surface area contributed by atoms with Gasteiger partial charge in [-0.2, -0.15) is 0 Å². The van der Waals surface area contributed by atoms with Crippen LogP contribution in [0.1, 0.15) is 0 Å². The number of ether oxygens (including phenoxy) is 1. The Labute approximate surface area is 119 Å². The van der Waals surface area contributed by atoms with Crippen molar-refractivity contribution in [2.45, 2.75) is 4.90 Å². The summed E-state index contributed by atoms with van der Waals surface area (Å²) in [5, 5.41) is 0. The highest BCUT2D eigenvalue weighted by Crippen LogP contribution is 2.24. The molecule has 0 heterocycles. The van der Waals surface area contributed by atoms with Gasteiger partial charge in [0.1, 0.15) is 10.6 Å². The van der Waals surface area contributed by atoms with E-state index in [9.17, 15) is 21.6 Å². The molecule has 8 heteroatoms. The SMILES string of the molecule is COc1cccc(NS(=O)(=O)c2ccc(F)c(F)c2F)c1. The number of rotatable bonds is 4. The Morgan fingerprint density at radius 1 is 1.05 bits per heavy atom. The van der Waals surface area contributed by atoms with Gasteiger partial charge in [0.25, 0.3) is 10.0 Å². The van der Waals surface area contributed by atoms with Gasteiger partial charge in [-0.15, -0.1) is 0 Å². The Kier molecular flexibility index (Phi) is 4.08. The second-order valence-electron chi connectivity index (χ2n) is 4.01. The molecule has 4 nitrogen and oxygen atoms in total. The van der Waals surface area contributed by atoms with Crippen LogP contribution in [0.4, 0.5) is 18.9 Å². The smallest absolute Gasteiger partial charge is 0.264 e. The quantitative estimate of drug-likeness (QED) is 0.882. The number of nitrogens with one attached hydrogen (secondary N) is 1. The minimum absolute atomic E-state index is 0.0958. The number of sulfonamides is 1. The number of halogens is 3. The summed E-state index contributed by atoms with van der Waals surface area (Å²) in [5.74, 6) is -4.71. The maximum atomic E-state index is 13.5. The Hall–Kier alpha value is -2.22. The Balaban J connectivity index is 2.41. The van der Waals surface area contributed by atoms with Gasteiger partial charge in [0.05, 0.1) is 12.8 Å². The van der Waals surface area contributed by atoms with Gasteiger partial charge in [0.15, 0.2) is 17.5 Å². The number of methoxy groups -OCH3 is 1. The van der Waals surface area contributed by atoms with E-state index >= 15 is 0 Å². The molecule has 0 saturated carbocycles. The summed E-state index contributed by atoms with van der Waals surface area (Å²) >= 11 is 0. The molecule has 0 aliphatic rings. The molecule has 0 aromatic heterocycles. The van der Waals surface area contributed by atoms with E-state index in [4.69, 9.17) is 4.74 Å². The van der Waals surface area contributed by atoms with Gasteiger partial charge >= 0.3 is 0 Å². The summed E-state index contributed by atoms with van der Waals surface area (Å²) in [6, 6.07) is 7.04. The lowest BCUT2D eigenvalue weighted by Gasteiger charge is -2.10. The van der Waals surface area contributed by atoms with Gasteiger partial charge in [0.2, 0.25) is 0 Å². The van der Waals surface area contributed by atoms with Gasteiger partial charge in [-0.05, 0) is 24.3 Å². The predicted octanol–water partition coefficient (Wildman–Crippen LogP) is 2.91. The fraction of sp³-hybridized carbons (Fsp3) is 0.0769. The highest BCUT2D eigenvalue weighted by Gasteiger charge is 2.24. The number of hydrogen-bond donors (Lipinski definition) is 1. The zero-order valence-corrected chi connectivity index (χ0v) is 11.5. The van der Waals surface area contributed by atoms with E-state index in [2.05, 4.69) is 4.72 Å². The van der Waals surface area contributed by atoms with Crippen molar-refractivity contribution in [1.82, 2.24) is 0 Å². The van der Waals surface area contributed by atoms with Gasteiger partial charge in [0, 0.05) is 6.07 Å². The molecular formula is C13H10F3NO3S. The summed E-state index contributed by atoms with van der Waals surface area (Å²) < 4.78 is 70.5. The largest absolute Gasteiger partial charge is 0.497 e. The molecule has 2 aromatic rings. The number of benzene rings is 2. The minimum Gasteiger partial charge on any atom is -0.497 e. The molecule has 0 bridgehead atoms. The van der Waals surface area contributed by atoms with E-state index in [1.165, 1.54) is 25.3 Å². The van der Waals surface area contributed by atoms with E-state index in [1.54, 1.807) is 6.07 Å². The van der Waals surface area contributed by atoms with Crippen LogP contribution < -0.4 is 9.46 Å². The van der Waals surface area contributed by atoms with Crippen LogP contribution in [0.3, 0.4) is 0 Å². The number of hydrogen-bond acceptors (Lipinski definition) is 3. The molecule has 0 aliphatic carbocycles. The van der Waals surface area contributed by atoms with Crippen LogP contribution in [0.25, 0.3) is 0 Å². The van der Waals surface area contributed by atoms with Crippen molar-refractivity contribution >= 4 is 15.7 Å². The fourth-order valence-corrected chi connectivity index (χ4v) is 2.73. The van der Waals surface area contributed by atoms with Crippen LogP contribution >= 0.6 is 0 Å². The van der Waals surface area contributed by atoms with Gasteiger partial charge in [-0.1, -0.05) is 6.07 Å². The first-order valence-corrected chi connectivity index (χ1v) is 7.14. The summed E-state index contributed by atoms with van der Waals surface area (Å²) in [5.41, 5.74) is 0.0958. The molecule has 2 aromatic carbocycles. The van der Waals surface area contributed by atoms with Crippen molar-refractivity contribution in [3.05, 3.63) is 53.8 Å². The third-order valence-electron chi connectivity index (χ3n) is 2.61. The van der Waals surface area contributed by atoms with E-state index in [1.807, 2.05) is 0 Å². The Bertz CT molecular complexity index is 778. The zero-order chi connectivity index (χ0) is 15.6. The topological polar surface area (TPSA) is 55.4 Å². The summed E-state index contributed by atoms with van der Waals surface area (Å²) in [7, 11) is -3.00. The average Bonchev–Trinajstić information content (AvgIpc) is 2.44. The van der Waals surface area contributed by atoms with Gasteiger partial charge < -0.3 is 4.74 Å². The molecular weight excluding hydrogens is 307 g/mol. The lowest BCUT2D eigenvalue weighted by atomic mass is 10.3. The fourth-order valence-electron chi connectivity index (χ4n) is 1.61. The van der Waals surface area contributed by atoms with Crippen molar-refractivity contribution < 1.29 is 26.3 Å². The highest BCUT2D eigenvalue weighted by atomic mass is 32.2. The monoisotopic (exact) mass is 317 g/mol. The summed E-state index contributed by atoms with van der Waals surface area (Å²) in [6.45, 7) is 0. The Morgan fingerprint density at radius 2 is 1.76 bits per heavy atom. The van der Waals surface area contributed by atoms with Crippen LogP contribution in [0.15, 0.2) is 41.3 Å². The lowest BCUT2D eigenvalue weighted by Crippen LogP contribution is -2.15. The molecule has 0 unspecified atom stereocenters. The van der Waals surface area contributed by atoms with Crippen molar-refractivity contribution in [2.24, 2.45) is 0 Å². The zero-order valence-electron chi connectivity index (χ0n) is 10.7. The van der Waals surface area contributed by atoms with Crippen molar-refractivity contribution in [2.75, 3.05) is 11.8 Å². The average molecular weight is 317 g/mol. The first-order valence-electron chi connectivity index (χ1n) is 5.65. The molecule has 0 fully saturated rings. The standard InChI is InChI=1S/C13H10F3NO3S/c1-20-9-4-2-3-8(7-9)17-21(18,19)11-6-5-10(14)12(15)13(11)16/h2-7,17H,1H3. The van der Waals surface area contributed by atoms with Crippen LogP contribution in [0.5, 0.6) is 5.75 Å². The molecule has 0 saturated heterocycles. The molecule has 21 heavy (non-hydrogen) atoms. The second-order valence-corrected chi connectivity index (χ2v) is 5.66. The second kappa shape index (κ2) is 5.65. The minimum atomic E-state index is -4.40. The van der Waals surface area contributed by atoms with E-state index in [0.717, 1.165) is 0 Å². The van der Waals surface area contributed by atoms with Crippen LogP contribution in [0.2, 0.25) is 0 Å². The third-order valence-corrected chi connectivity index (χ3v) is 4.01. The molecule has 1 N–H and O–H groups in total. The van der Waals surface area contributed by atoms with Gasteiger partial charge in [-0.3, -0.25) is 4.72 Å². The maximum Gasteiger partial charge on any atom is 0.264 e. The molecule has 0 amide bonds. The molecule has 2 rings (SSSR count). The van der Waals surface area contributed by atoms with Gasteiger partial charge in [-0.25, -0.2) is 21.6 Å². The third kappa shape index (κ3) is 3.10. The van der Waals surface area contributed by atoms with Crippen molar-refractivity contribution in [1.29, 1.82) is 0 Å². The first-order chi connectivity index (χ1) is 9.85. The van der Waals surface area contributed by atoms with E-state index in [0.29, 0.717) is 17.9 Å². The summed E-state index contributed by atoms with van der Waals surface area (Å²) in [4.78, 5) is -0.982. The summed E-state index contributed by atoms with van der Waals surface area (Å²) in [6.07, 6.45) is 0. The predicted molar refractivity (Wildman–Crippen MR) is 70.1 cm³/mol. The normalized spacial score (nSPS) is 11.2. The molecule has 0 spiro atoms. The van der Waals surface area contributed by atoms with Crippen LogP contribution in [-0.4, -0.2) is 15.5 Å². The first kappa shape index (κ1) is 15.2. The molecule has 0 radical (unpaired) electrons. The lowest BCUT2D eigenvalue weighted by molar-refractivity contribution is 0.415. The number of anilines is 1. The highest BCUT2D eigenvalue weighted by molar-refractivity contribution is 7.92. The molecule has 112 valence electrons. The van der Waals surface area contributed by atoms with E-state index < -0.39 is 32.4 Å². The molecule has 0 aliphatic heterocycles.